The van der Waals surface area contributed by atoms with Crippen molar-refractivity contribution in [3.63, 3.8) is 0 Å². The van der Waals surface area contributed by atoms with E-state index in [0.29, 0.717) is 32.0 Å². The Labute approximate surface area is 126 Å². The second-order valence-corrected chi connectivity index (χ2v) is 7.24. The van der Waals surface area contributed by atoms with Gasteiger partial charge in [0.2, 0.25) is 0 Å². The Hall–Kier alpha value is -1.03. The molecule has 8 nitrogen and oxygen atoms in total. The molecule has 0 aromatic carbocycles. The smallest absolute Gasteiger partial charge is 0.282 e. The molecular weight excluding hydrogens is 292 g/mol. The van der Waals surface area contributed by atoms with Gasteiger partial charge in [0.25, 0.3) is 10.2 Å². The van der Waals surface area contributed by atoms with E-state index in [0.717, 1.165) is 25.9 Å². The highest BCUT2D eigenvalue weighted by Crippen LogP contribution is 2.15. The fraction of sp³-hybridized carbons (Fsp3) is 0.833. The zero-order valence-corrected chi connectivity index (χ0v) is 13.5. The predicted molar refractivity (Wildman–Crippen MR) is 79.8 cm³/mol. The molecule has 1 N–H and O–H groups in total. The van der Waals surface area contributed by atoms with Crippen LogP contribution in [0.15, 0.2) is 6.33 Å². The maximum Gasteiger partial charge on any atom is 0.282 e. The normalized spacial score (nSPS) is 16.3. The van der Waals surface area contributed by atoms with Crippen molar-refractivity contribution in [2.24, 2.45) is 0 Å². The summed E-state index contributed by atoms with van der Waals surface area (Å²) in [5, 5.41) is 11.0. The van der Waals surface area contributed by atoms with E-state index < -0.39 is 10.2 Å². The van der Waals surface area contributed by atoms with E-state index in [1.165, 1.54) is 8.61 Å². The molecule has 1 aromatic heterocycles. The lowest BCUT2D eigenvalue weighted by Crippen LogP contribution is -2.46. The lowest BCUT2D eigenvalue weighted by atomic mass is 10.4. The molecule has 9 heteroatoms. The molecule has 0 amide bonds. The zero-order chi connectivity index (χ0) is 15.3. The Kier molecular flexibility index (Phi) is 5.68. The third-order valence-electron chi connectivity index (χ3n) is 3.58. The molecule has 1 aliphatic heterocycles. The highest BCUT2D eigenvalue weighted by Gasteiger charge is 2.30. The SMILES string of the molecule is CCCNCCCN(C)S(=O)(=O)N1CCn2cnnc2C1. The Morgan fingerprint density at radius 2 is 2.19 bits per heavy atom. The molecule has 1 aromatic rings. The molecule has 0 bridgehead atoms. The molecule has 0 radical (unpaired) electrons. The Morgan fingerprint density at radius 1 is 1.38 bits per heavy atom. The van der Waals surface area contributed by atoms with E-state index in [4.69, 9.17) is 0 Å². The van der Waals surface area contributed by atoms with Crippen LogP contribution < -0.4 is 5.32 Å². The number of hydrogen-bond acceptors (Lipinski definition) is 5. The average Bonchev–Trinajstić information content (AvgIpc) is 2.94. The summed E-state index contributed by atoms with van der Waals surface area (Å²) < 4.78 is 29.8. The summed E-state index contributed by atoms with van der Waals surface area (Å²) >= 11 is 0. The second kappa shape index (κ2) is 7.30. The van der Waals surface area contributed by atoms with Crippen LogP contribution in [0.1, 0.15) is 25.6 Å². The number of rotatable bonds is 8. The van der Waals surface area contributed by atoms with E-state index in [2.05, 4.69) is 22.4 Å². The van der Waals surface area contributed by atoms with Gasteiger partial charge in [-0.2, -0.15) is 17.0 Å². The summed E-state index contributed by atoms with van der Waals surface area (Å²) in [7, 11) is -1.78. The van der Waals surface area contributed by atoms with Gasteiger partial charge in [0.15, 0.2) is 0 Å². The summed E-state index contributed by atoms with van der Waals surface area (Å²) in [6.45, 7) is 5.79. The van der Waals surface area contributed by atoms with Gasteiger partial charge in [-0.1, -0.05) is 6.92 Å². The summed E-state index contributed by atoms with van der Waals surface area (Å²) in [6.07, 6.45) is 3.53. The number of nitrogens with one attached hydrogen (secondary N) is 1. The van der Waals surface area contributed by atoms with Crippen molar-refractivity contribution in [3.8, 4) is 0 Å². The second-order valence-electron chi connectivity index (χ2n) is 5.21. The van der Waals surface area contributed by atoms with E-state index in [1.807, 2.05) is 4.57 Å². The van der Waals surface area contributed by atoms with Crippen molar-refractivity contribution in [1.29, 1.82) is 0 Å². The van der Waals surface area contributed by atoms with Crippen molar-refractivity contribution in [2.75, 3.05) is 33.2 Å². The van der Waals surface area contributed by atoms with Gasteiger partial charge in [-0.05, 0) is 25.9 Å². The molecule has 120 valence electrons. The number of fused-ring (bicyclic) bond motifs is 1. The van der Waals surface area contributed by atoms with Gasteiger partial charge in [-0.3, -0.25) is 0 Å². The fourth-order valence-electron chi connectivity index (χ4n) is 2.28. The van der Waals surface area contributed by atoms with Gasteiger partial charge in [-0.15, -0.1) is 10.2 Å². The van der Waals surface area contributed by atoms with Crippen LogP contribution >= 0.6 is 0 Å². The minimum Gasteiger partial charge on any atom is -0.317 e. The average molecular weight is 316 g/mol. The molecule has 0 aliphatic carbocycles. The first kappa shape index (κ1) is 16.3. The largest absolute Gasteiger partial charge is 0.317 e. The number of hydrogen-bond donors (Lipinski definition) is 1. The molecule has 1 aliphatic rings. The molecule has 0 saturated carbocycles. The molecule has 2 heterocycles. The van der Waals surface area contributed by atoms with Crippen molar-refractivity contribution in [2.45, 2.75) is 32.9 Å². The van der Waals surface area contributed by atoms with Gasteiger partial charge in [0, 0.05) is 26.7 Å². The first-order valence-electron chi connectivity index (χ1n) is 7.34. The van der Waals surface area contributed by atoms with E-state index >= 15 is 0 Å². The standard InChI is InChI=1S/C12H24N6O2S/c1-3-5-13-6-4-7-16(2)21(19,20)18-9-8-17-11-14-15-12(17)10-18/h11,13H,3-10H2,1-2H3. The third-order valence-corrected chi connectivity index (χ3v) is 5.51. The van der Waals surface area contributed by atoms with Gasteiger partial charge < -0.3 is 9.88 Å². The third kappa shape index (κ3) is 4.00. The molecular formula is C12H24N6O2S. The van der Waals surface area contributed by atoms with E-state index in [9.17, 15) is 8.42 Å². The van der Waals surface area contributed by atoms with Gasteiger partial charge >= 0.3 is 0 Å². The Balaban J connectivity index is 1.86. The first-order chi connectivity index (χ1) is 10.1. The van der Waals surface area contributed by atoms with Gasteiger partial charge in [-0.25, -0.2) is 0 Å². The number of nitrogens with zero attached hydrogens (tertiary/aromatic N) is 5. The summed E-state index contributed by atoms with van der Waals surface area (Å²) in [5.74, 6) is 0.697. The molecule has 0 atom stereocenters. The molecule has 2 rings (SSSR count). The lowest BCUT2D eigenvalue weighted by Gasteiger charge is -2.30. The summed E-state index contributed by atoms with van der Waals surface area (Å²) in [4.78, 5) is 0. The highest BCUT2D eigenvalue weighted by atomic mass is 32.2. The topological polar surface area (TPSA) is 83.4 Å². The molecule has 0 unspecified atom stereocenters. The van der Waals surface area contributed by atoms with Crippen molar-refractivity contribution < 1.29 is 8.42 Å². The first-order valence-corrected chi connectivity index (χ1v) is 8.74. The molecule has 0 saturated heterocycles. The van der Waals surface area contributed by atoms with Crippen LogP contribution in [0.4, 0.5) is 0 Å². The fourth-order valence-corrected chi connectivity index (χ4v) is 3.63. The minimum atomic E-state index is -3.42. The van der Waals surface area contributed by atoms with Crippen molar-refractivity contribution in [3.05, 3.63) is 12.2 Å². The quantitative estimate of drug-likeness (QED) is 0.664. The van der Waals surface area contributed by atoms with Crippen LogP contribution in [0.2, 0.25) is 0 Å². The zero-order valence-electron chi connectivity index (χ0n) is 12.7. The highest BCUT2D eigenvalue weighted by molar-refractivity contribution is 7.86. The van der Waals surface area contributed by atoms with Crippen LogP contribution in [0.5, 0.6) is 0 Å². The molecule has 0 fully saturated rings. The van der Waals surface area contributed by atoms with Crippen LogP contribution in [-0.2, 0) is 23.3 Å². The molecule has 21 heavy (non-hydrogen) atoms. The predicted octanol–water partition coefficient (Wildman–Crippen LogP) is -0.340. The Morgan fingerprint density at radius 3 is 2.95 bits per heavy atom. The Bertz CT molecular complexity index is 544. The minimum absolute atomic E-state index is 0.292. The maximum absolute atomic E-state index is 12.5. The van der Waals surface area contributed by atoms with Crippen LogP contribution in [0.3, 0.4) is 0 Å². The van der Waals surface area contributed by atoms with Crippen LogP contribution in [0, 0.1) is 0 Å². The molecule has 0 spiro atoms. The van der Waals surface area contributed by atoms with Crippen molar-refractivity contribution >= 4 is 10.2 Å². The van der Waals surface area contributed by atoms with Crippen LogP contribution in [-0.4, -0.2) is 65.0 Å². The van der Waals surface area contributed by atoms with Crippen molar-refractivity contribution in [1.82, 2.24) is 28.7 Å². The van der Waals surface area contributed by atoms with E-state index in [-0.39, 0.29) is 0 Å². The van der Waals surface area contributed by atoms with Gasteiger partial charge in [0.05, 0.1) is 6.54 Å². The number of aromatic nitrogens is 3. The van der Waals surface area contributed by atoms with Crippen LogP contribution in [0.25, 0.3) is 0 Å². The maximum atomic E-state index is 12.5. The van der Waals surface area contributed by atoms with Gasteiger partial charge in [0.1, 0.15) is 12.2 Å². The van der Waals surface area contributed by atoms with E-state index in [1.54, 1.807) is 13.4 Å². The monoisotopic (exact) mass is 316 g/mol. The summed E-state index contributed by atoms with van der Waals surface area (Å²) in [6, 6.07) is 0. The lowest BCUT2D eigenvalue weighted by molar-refractivity contribution is 0.305. The summed E-state index contributed by atoms with van der Waals surface area (Å²) in [5.41, 5.74) is 0.